The molecule has 0 aliphatic heterocycles. The number of benzene rings is 1. The Morgan fingerprint density at radius 1 is 0.867 bits per heavy atom. The summed E-state index contributed by atoms with van der Waals surface area (Å²) < 4.78 is 9.47. The van der Waals surface area contributed by atoms with Gasteiger partial charge in [0.15, 0.2) is 0 Å². The van der Waals surface area contributed by atoms with Gasteiger partial charge in [-0.2, -0.15) is 0 Å². The normalized spacial score (nSPS) is 13.6. The Hall–Kier alpha value is -0.841. The molecule has 0 saturated heterocycles. The second-order valence-corrected chi connectivity index (χ2v) is 22.6. The van der Waals surface area contributed by atoms with Crippen LogP contribution in [-0.4, -0.2) is 36.7 Å². The molecule has 0 amide bonds. The number of Topliss-reactive ketones (excluding diaryl/α,β-unsaturated/α-hetero) is 1. The van der Waals surface area contributed by atoms with Crippen molar-refractivity contribution >= 4 is 30.1 Å². The van der Waals surface area contributed by atoms with E-state index in [0.29, 0.717) is 10.5 Å². The van der Waals surface area contributed by atoms with E-state index in [1.54, 1.807) is 6.92 Å². The second-order valence-electron chi connectivity index (χ2n) is 8.80. The van der Waals surface area contributed by atoms with E-state index in [0.717, 1.165) is 0 Å². The molecule has 0 heterocycles. The number of hydrogen-bond donors (Lipinski definition) is 0. The first kappa shape index (κ1) is 27.2. The van der Waals surface area contributed by atoms with Crippen molar-refractivity contribution in [3.8, 4) is 0 Å². The van der Waals surface area contributed by atoms with Gasteiger partial charge in [-0.25, -0.2) is 0 Å². The first-order chi connectivity index (χ1) is 14.5. The molecule has 1 rings (SSSR count). The first-order valence-electron chi connectivity index (χ1n) is 12.2. The quantitative estimate of drug-likeness (QED) is 0.130. The molecule has 0 aliphatic rings. The molecule has 0 bridgehead atoms. The number of rotatable bonds is 16. The number of hydrogen-bond acceptors (Lipinski definition) is 3. The van der Waals surface area contributed by atoms with Crippen LogP contribution in [0.25, 0.3) is 0 Å². The van der Waals surface area contributed by atoms with E-state index in [9.17, 15) is 9.59 Å². The average molecular weight is 523 g/mol. The van der Waals surface area contributed by atoms with Crippen LogP contribution < -0.4 is 0 Å². The van der Waals surface area contributed by atoms with E-state index in [1.807, 2.05) is 0 Å². The third-order valence-electron chi connectivity index (χ3n) is 6.53. The minimum absolute atomic E-state index is 0.0628. The van der Waals surface area contributed by atoms with Gasteiger partial charge in [0.1, 0.15) is 0 Å². The molecule has 30 heavy (non-hydrogen) atoms. The SMILES string of the molecule is CCC[CH2][Sn]([CH2]CCC)([CH2]CCC)[C@@H](c1ccccc1)[C@H](C)C(=O)CC(=O)OCC. The third kappa shape index (κ3) is 8.36. The van der Waals surface area contributed by atoms with Gasteiger partial charge in [-0.05, 0) is 0 Å². The van der Waals surface area contributed by atoms with Crippen molar-refractivity contribution in [2.75, 3.05) is 6.61 Å². The fourth-order valence-electron chi connectivity index (χ4n) is 4.96. The van der Waals surface area contributed by atoms with Gasteiger partial charge in [-0.3, -0.25) is 0 Å². The van der Waals surface area contributed by atoms with E-state index in [-0.39, 0.29) is 24.1 Å². The molecule has 0 spiro atoms. The molecule has 4 heteroatoms. The van der Waals surface area contributed by atoms with Gasteiger partial charge in [0, 0.05) is 0 Å². The Balaban J connectivity index is 3.40. The van der Waals surface area contributed by atoms with Gasteiger partial charge >= 0.3 is 190 Å². The van der Waals surface area contributed by atoms with Gasteiger partial charge in [0.25, 0.3) is 0 Å². The van der Waals surface area contributed by atoms with E-state index in [4.69, 9.17) is 4.74 Å². The Morgan fingerprint density at radius 2 is 1.37 bits per heavy atom. The molecule has 0 fully saturated rings. The molecular formula is C26H44O3Sn. The molecule has 3 nitrogen and oxygen atoms in total. The van der Waals surface area contributed by atoms with Crippen LogP contribution in [0.4, 0.5) is 0 Å². The first-order valence-corrected chi connectivity index (χ1v) is 19.9. The van der Waals surface area contributed by atoms with Crippen molar-refractivity contribution in [3.63, 3.8) is 0 Å². The summed E-state index contributed by atoms with van der Waals surface area (Å²) in [6.45, 7) is 11.1. The number of unbranched alkanes of at least 4 members (excludes halogenated alkanes) is 3. The van der Waals surface area contributed by atoms with Gasteiger partial charge in [0.05, 0.1) is 0 Å². The molecule has 1 aromatic carbocycles. The Kier molecular flexibility index (Phi) is 13.6. The molecule has 2 atom stereocenters. The topological polar surface area (TPSA) is 43.4 Å². The summed E-state index contributed by atoms with van der Waals surface area (Å²) in [5.41, 5.74) is 1.33. The second kappa shape index (κ2) is 15.0. The van der Waals surface area contributed by atoms with E-state index in [1.165, 1.54) is 57.4 Å². The van der Waals surface area contributed by atoms with Crippen molar-refractivity contribution in [1.29, 1.82) is 0 Å². The van der Waals surface area contributed by atoms with E-state index in [2.05, 4.69) is 58.0 Å². The Morgan fingerprint density at radius 3 is 1.80 bits per heavy atom. The minimum atomic E-state index is -2.76. The maximum absolute atomic E-state index is 13.2. The molecule has 1 aromatic rings. The van der Waals surface area contributed by atoms with Crippen LogP contribution >= 0.6 is 0 Å². The van der Waals surface area contributed by atoms with Crippen molar-refractivity contribution in [1.82, 2.24) is 0 Å². The zero-order valence-electron chi connectivity index (χ0n) is 20.0. The molecule has 0 aromatic heterocycles. The average Bonchev–Trinajstić information content (AvgIpc) is 2.75. The van der Waals surface area contributed by atoms with Crippen molar-refractivity contribution in [2.45, 2.75) is 96.8 Å². The van der Waals surface area contributed by atoms with E-state index >= 15 is 0 Å². The third-order valence-corrected chi connectivity index (χ3v) is 24.2. The van der Waals surface area contributed by atoms with Crippen molar-refractivity contribution in [3.05, 3.63) is 35.9 Å². The summed E-state index contributed by atoms with van der Waals surface area (Å²) in [5, 5.41) is 0. The number of carbonyl (C=O) groups is 2. The molecular weight excluding hydrogens is 479 g/mol. The monoisotopic (exact) mass is 524 g/mol. The Bertz CT molecular complexity index is 592. The van der Waals surface area contributed by atoms with Gasteiger partial charge in [-0.15, -0.1) is 0 Å². The molecule has 0 aliphatic carbocycles. The summed E-state index contributed by atoms with van der Waals surface area (Å²) in [6, 6.07) is 10.7. The van der Waals surface area contributed by atoms with Gasteiger partial charge in [0.2, 0.25) is 0 Å². The van der Waals surface area contributed by atoms with Gasteiger partial charge < -0.3 is 0 Å². The summed E-state index contributed by atoms with van der Waals surface area (Å²) >= 11 is -2.76. The molecule has 0 saturated carbocycles. The maximum atomic E-state index is 13.2. The predicted molar refractivity (Wildman–Crippen MR) is 130 cm³/mol. The Labute approximate surface area is 189 Å². The fraction of sp³-hybridized carbons (Fsp3) is 0.692. The van der Waals surface area contributed by atoms with Crippen molar-refractivity contribution < 1.29 is 14.3 Å². The summed E-state index contributed by atoms with van der Waals surface area (Å²) in [4.78, 5) is 25.3. The molecule has 170 valence electrons. The number of esters is 1. The zero-order chi connectivity index (χ0) is 22.4. The summed E-state index contributed by atoms with van der Waals surface area (Å²) in [7, 11) is 0. The summed E-state index contributed by atoms with van der Waals surface area (Å²) in [6.07, 6.45) is 7.36. The number of carbonyl (C=O) groups excluding carboxylic acids is 2. The molecule has 0 radical (unpaired) electrons. The summed E-state index contributed by atoms with van der Waals surface area (Å²) in [5.74, 6) is -0.427. The van der Waals surface area contributed by atoms with Crippen LogP contribution in [-0.2, 0) is 14.3 Å². The van der Waals surface area contributed by atoms with Crippen molar-refractivity contribution in [2.24, 2.45) is 5.92 Å². The zero-order valence-corrected chi connectivity index (χ0v) is 22.9. The predicted octanol–water partition coefficient (Wildman–Crippen LogP) is 7.32. The van der Waals surface area contributed by atoms with Crippen LogP contribution in [0, 0.1) is 5.92 Å². The molecule has 0 unspecified atom stereocenters. The van der Waals surface area contributed by atoms with Crippen LogP contribution in [0.15, 0.2) is 30.3 Å². The van der Waals surface area contributed by atoms with Crippen LogP contribution in [0.5, 0.6) is 0 Å². The van der Waals surface area contributed by atoms with Crippen LogP contribution in [0.1, 0.15) is 89.1 Å². The van der Waals surface area contributed by atoms with Crippen LogP contribution in [0.3, 0.4) is 0 Å². The van der Waals surface area contributed by atoms with E-state index < -0.39 is 18.4 Å². The van der Waals surface area contributed by atoms with Crippen LogP contribution in [0.2, 0.25) is 13.3 Å². The standard InChI is InChI=1S/C14H17O3.3C4H9.Sn/c1-3-17-14(16)10-13(15)11(2)9-12-7-5-4-6-8-12;3*1-3-4-2;/h4-9,11H,3,10H2,1-2H3;3*1,3-4H2,2H3;/t11-;;;;/m0..../s1. The fourth-order valence-corrected chi connectivity index (χ4v) is 24.9. The number of ether oxygens (including phenoxy) is 1. The molecule has 0 N–H and O–H groups in total. The number of ketones is 1. The van der Waals surface area contributed by atoms with Gasteiger partial charge in [-0.1, -0.05) is 0 Å².